The second-order valence-electron chi connectivity index (χ2n) is 19.0. The predicted octanol–water partition coefficient (Wildman–Crippen LogP) is 3.63. The van der Waals surface area contributed by atoms with E-state index in [1.807, 2.05) is 36.4 Å². The first-order chi connectivity index (χ1) is 32.8. The largest absolute Gasteiger partial charge is 0.497 e. The van der Waals surface area contributed by atoms with Gasteiger partial charge in [0.05, 0.1) is 64.2 Å². The van der Waals surface area contributed by atoms with E-state index >= 15 is 0 Å². The molecule has 6 aliphatic heterocycles. The summed E-state index contributed by atoms with van der Waals surface area (Å²) < 4.78 is 57.3. The highest BCUT2D eigenvalue weighted by Crippen LogP contribution is 2.57. The van der Waals surface area contributed by atoms with Crippen LogP contribution < -0.4 is 18.9 Å². The standard InChI is InChI=1S/C50H58N2O16/c1-59-37-23-47-11-7-15-51(47)17-9-29-19-33-35(65-27-63-33)21-31(29)41(47)43(37)67-45(55)49(57,25-39(53)61-3)13-5-6-14-50(58,26-40(54)62-4)46(56)68-44-38(60-2)24-48-12-8-16-52(48)18-10-30-20-34-36(66-28-64-34)22-32(30)42(44)48/h5-6,19-24,41-44,57-58H,7-18,25-28H2,1-4H3/b6-5+/t41-,42-,43-,44-,47+,48+,49-,50-/m1/s1. The third kappa shape index (κ3) is 7.54. The van der Waals surface area contributed by atoms with E-state index in [9.17, 15) is 29.4 Å². The average Bonchev–Trinajstić information content (AvgIpc) is 4.20. The van der Waals surface area contributed by atoms with Crippen molar-refractivity contribution in [2.75, 3.05) is 68.2 Å². The van der Waals surface area contributed by atoms with Crippen LogP contribution in [0.25, 0.3) is 0 Å². The van der Waals surface area contributed by atoms with Crippen LogP contribution in [0.4, 0.5) is 0 Å². The van der Waals surface area contributed by atoms with Crippen LogP contribution in [0.15, 0.2) is 60.1 Å². The molecule has 6 heterocycles. The van der Waals surface area contributed by atoms with Crippen LogP contribution in [0.2, 0.25) is 0 Å². The van der Waals surface area contributed by atoms with Crippen molar-refractivity contribution in [3.8, 4) is 23.0 Å². The molecule has 2 aromatic rings. The van der Waals surface area contributed by atoms with Crippen molar-refractivity contribution in [2.45, 2.75) is 111 Å². The molecule has 18 heteroatoms. The molecule has 0 saturated carbocycles. The molecule has 0 amide bonds. The van der Waals surface area contributed by atoms with Gasteiger partial charge >= 0.3 is 23.9 Å². The predicted molar refractivity (Wildman–Crippen MR) is 237 cm³/mol. The summed E-state index contributed by atoms with van der Waals surface area (Å²) in [6.45, 7) is 3.32. The molecule has 2 N–H and O–H groups in total. The molecule has 364 valence electrons. The summed E-state index contributed by atoms with van der Waals surface area (Å²) >= 11 is 0. The molecule has 0 aromatic heterocycles. The molecule has 0 unspecified atom stereocenters. The fraction of sp³-hybridized carbons (Fsp3) is 0.560. The summed E-state index contributed by atoms with van der Waals surface area (Å²) in [4.78, 5) is 59.6. The number of rotatable bonds is 14. The van der Waals surface area contributed by atoms with Crippen molar-refractivity contribution in [3.05, 3.63) is 82.3 Å². The molecular weight excluding hydrogens is 885 g/mol. The molecule has 0 radical (unpaired) electrons. The number of hydrogen-bond donors (Lipinski definition) is 2. The maximum Gasteiger partial charge on any atom is 0.339 e. The van der Waals surface area contributed by atoms with Gasteiger partial charge in [0.15, 0.2) is 46.4 Å². The minimum absolute atomic E-state index is 0.0884. The van der Waals surface area contributed by atoms with Gasteiger partial charge in [-0.3, -0.25) is 19.4 Å². The van der Waals surface area contributed by atoms with Crippen LogP contribution in [-0.2, 0) is 60.4 Å². The Morgan fingerprint density at radius 1 is 0.632 bits per heavy atom. The highest BCUT2D eigenvalue weighted by molar-refractivity contribution is 5.87. The molecule has 0 bridgehead atoms. The van der Waals surface area contributed by atoms with Crippen LogP contribution in [0.3, 0.4) is 0 Å². The van der Waals surface area contributed by atoms with E-state index in [0.717, 1.165) is 101 Å². The smallest absolute Gasteiger partial charge is 0.339 e. The van der Waals surface area contributed by atoms with Crippen molar-refractivity contribution in [1.82, 2.24) is 9.80 Å². The summed E-state index contributed by atoms with van der Waals surface area (Å²) in [6.07, 6.45) is 6.92. The van der Waals surface area contributed by atoms with E-state index in [-0.39, 0.29) is 13.6 Å². The van der Waals surface area contributed by atoms with E-state index in [4.69, 9.17) is 47.4 Å². The summed E-state index contributed by atoms with van der Waals surface area (Å²) in [5.74, 6) is -1.66. The quantitative estimate of drug-likeness (QED) is 0.158. The van der Waals surface area contributed by atoms with Crippen LogP contribution in [-0.4, -0.2) is 147 Å². The molecular formula is C50H58N2O16. The molecule has 2 spiro atoms. The Balaban J connectivity index is 0.913. The maximum absolute atomic E-state index is 14.5. The zero-order valence-electron chi connectivity index (χ0n) is 38.7. The molecule has 2 aliphatic carbocycles. The Hall–Kier alpha value is -5.82. The van der Waals surface area contributed by atoms with E-state index in [2.05, 4.69) is 9.80 Å². The zero-order valence-corrected chi connectivity index (χ0v) is 38.7. The Morgan fingerprint density at radius 3 is 1.41 bits per heavy atom. The molecule has 2 aromatic carbocycles. The van der Waals surface area contributed by atoms with Crippen LogP contribution >= 0.6 is 0 Å². The van der Waals surface area contributed by atoms with Crippen LogP contribution in [0, 0.1) is 0 Å². The van der Waals surface area contributed by atoms with Gasteiger partial charge in [-0.15, -0.1) is 0 Å². The highest BCUT2D eigenvalue weighted by Gasteiger charge is 2.61. The fourth-order valence-electron chi connectivity index (χ4n) is 12.3. The van der Waals surface area contributed by atoms with E-state index < -0.39 is 95.9 Å². The number of benzene rings is 2. The number of fused-ring (bicyclic) bond motifs is 6. The number of hydrogen-bond acceptors (Lipinski definition) is 18. The normalized spacial score (nSPS) is 29.0. The lowest BCUT2D eigenvalue weighted by atomic mass is 9.77. The first-order valence-corrected chi connectivity index (χ1v) is 23.3. The third-order valence-electron chi connectivity index (χ3n) is 15.6. The lowest BCUT2D eigenvalue weighted by Gasteiger charge is -2.39. The number of aliphatic hydroxyl groups is 2. The number of methoxy groups -OCH3 is 4. The van der Waals surface area contributed by atoms with Gasteiger partial charge < -0.3 is 57.6 Å². The molecule has 68 heavy (non-hydrogen) atoms. The molecule has 2 saturated heterocycles. The van der Waals surface area contributed by atoms with Gasteiger partial charge in [0.25, 0.3) is 0 Å². The van der Waals surface area contributed by atoms with Gasteiger partial charge in [-0.2, -0.15) is 0 Å². The van der Waals surface area contributed by atoms with Gasteiger partial charge in [-0.1, -0.05) is 12.2 Å². The number of carbonyl (C=O) groups excluding carboxylic acids is 4. The Bertz CT molecular complexity index is 2320. The number of ether oxygens (including phenoxy) is 10. The topological polar surface area (TPSA) is 208 Å². The molecule has 8 aliphatic rings. The van der Waals surface area contributed by atoms with Crippen molar-refractivity contribution < 1.29 is 76.8 Å². The lowest BCUT2D eigenvalue weighted by molar-refractivity contribution is -0.177. The van der Waals surface area contributed by atoms with Crippen LogP contribution in [0.1, 0.15) is 85.5 Å². The summed E-state index contributed by atoms with van der Waals surface area (Å²) in [7, 11) is 5.28. The Labute approximate surface area is 393 Å². The Kier molecular flexibility index (Phi) is 11.9. The monoisotopic (exact) mass is 942 g/mol. The van der Waals surface area contributed by atoms with E-state index in [0.29, 0.717) is 34.5 Å². The lowest BCUT2D eigenvalue weighted by Crippen LogP contribution is -2.49. The SMILES string of the molecule is COC(=O)C[C@](O)(C/C=C/C[C@@](O)(CC(=O)OC)C(=O)O[C@@H]1C(OC)=C[C@]23CCCN2CCc2cc4c(cc2[C@H]13)OCO4)C(=O)O[C@@H]1C(OC)=C[C@]23CCCN2CCc2cc4c(cc2[C@H]13)OCO4. The summed E-state index contributed by atoms with van der Waals surface area (Å²) in [5, 5.41) is 24.3. The van der Waals surface area contributed by atoms with Gasteiger partial charge in [0.1, 0.15) is 11.5 Å². The minimum atomic E-state index is -2.48. The van der Waals surface area contributed by atoms with Gasteiger partial charge in [-0.25, -0.2) is 9.59 Å². The van der Waals surface area contributed by atoms with E-state index in [1.54, 1.807) is 0 Å². The number of carbonyl (C=O) groups is 4. The molecule has 8 atom stereocenters. The molecule has 10 rings (SSSR count). The summed E-state index contributed by atoms with van der Waals surface area (Å²) in [5.41, 5.74) is -2.25. The molecule has 2 fully saturated rings. The second kappa shape index (κ2) is 17.6. The maximum atomic E-state index is 14.5. The van der Waals surface area contributed by atoms with Crippen LogP contribution in [0.5, 0.6) is 23.0 Å². The first-order valence-electron chi connectivity index (χ1n) is 23.3. The van der Waals surface area contributed by atoms with Crippen molar-refractivity contribution in [3.63, 3.8) is 0 Å². The summed E-state index contributed by atoms with van der Waals surface area (Å²) in [6, 6.07) is 7.82. The van der Waals surface area contributed by atoms with E-state index in [1.165, 1.54) is 26.4 Å². The van der Waals surface area contributed by atoms with Crippen molar-refractivity contribution >= 4 is 23.9 Å². The fourth-order valence-corrected chi connectivity index (χ4v) is 12.3. The highest BCUT2D eigenvalue weighted by atomic mass is 16.7. The second-order valence-corrected chi connectivity index (χ2v) is 19.0. The van der Waals surface area contributed by atoms with Crippen molar-refractivity contribution in [2.24, 2.45) is 0 Å². The zero-order chi connectivity index (χ0) is 47.6. The average molecular weight is 943 g/mol. The van der Waals surface area contributed by atoms with Gasteiger partial charge in [-0.05, 0) is 110 Å². The number of nitrogens with zero attached hydrogens (tertiary/aromatic N) is 2. The third-order valence-corrected chi connectivity index (χ3v) is 15.6. The number of esters is 4. The van der Waals surface area contributed by atoms with Gasteiger partial charge in [0, 0.05) is 25.9 Å². The Morgan fingerprint density at radius 2 is 1.03 bits per heavy atom. The first kappa shape index (κ1) is 45.9. The molecule has 18 nitrogen and oxygen atoms in total. The van der Waals surface area contributed by atoms with Crippen molar-refractivity contribution in [1.29, 1.82) is 0 Å². The van der Waals surface area contributed by atoms with Gasteiger partial charge in [0.2, 0.25) is 13.6 Å². The minimum Gasteiger partial charge on any atom is -0.497 e.